The van der Waals surface area contributed by atoms with Gasteiger partial charge in [0.1, 0.15) is 5.75 Å². The van der Waals surface area contributed by atoms with Gasteiger partial charge in [0.15, 0.2) is 0 Å². The van der Waals surface area contributed by atoms with Crippen LogP contribution in [0.3, 0.4) is 0 Å². The Morgan fingerprint density at radius 3 is 2.37 bits per heavy atom. The first-order chi connectivity index (χ1) is 19.9. The maximum atomic E-state index is 13.8. The third kappa shape index (κ3) is 9.53. The van der Waals surface area contributed by atoms with E-state index in [2.05, 4.69) is 11.9 Å². The molecule has 0 saturated carbocycles. The van der Waals surface area contributed by atoms with Gasteiger partial charge >= 0.3 is 0 Å². The molecule has 4 rings (SSSR count). The Morgan fingerprint density at radius 1 is 0.976 bits per heavy atom. The molecule has 8 nitrogen and oxygen atoms in total. The van der Waals surface area contributed by atoms with Gasteiger partial charge in [0.05, 0.1) is 19.6 Å². The third-order valence-corrected chi connectivity index (χ3v) is 7.05. The van der Waals surface area contributed by atoms with Crippen molar-refractivity contribution in [2.45, 2.75) is 51.5 Å². The van der Waals surface area contributed by atoms with E-state index in [-0.39, 0.29) is 19.4 Å². The Bertz CT molecular complexity index is 1330. The van der Waals surface area contributed by atoms with Crippen molar-refractivity contribution in [3.05, 3.63) is 107 Å². The lowest BCUT2D eigenvalue weighted by Crippen LogP contribution is -2.53. The van der Waals surface area contributed by atoms with Gasteiger partial charge in [-0.2, -0.15) is 11.3 Å². The van der Waals surface area contributed by atoms with Gasteiger partial charge in [0.25, 0.3) is 18.3 Å². The van der Waals surface area contributed by atoms with E-state index in [1.165, 1.54) is 0 Å². The summed E-state index contributed by atoms with van der Waals surface area (Å²) in [5.41, 5.74) is 3.58. The number of aliphatic hydroxyl groups is 2. The second kappa shape index (κ2) is 16.3. The van der Waals surface area contributed by atoms with E-state index in [0.717, 1.165) is 41.7 Å². The normalized spacial score (nSPS) is 10.8. The van der Waals surface area contributed by atoms with Crippen LogP contribution in [0.4, 0.5) is 0 Å². The molecule has 2 aromatic heterocycles. The van der Waals surface area contributed by atoms with Crippen molar-refractivity contribution in [2.75, 3.05) is 6.61 Å². The minimum atomic E-state index is -2.48. The lowest BCUT2D eigenvalue weighted by atomic mass is 10.0. The van der Waals surface area contributed by atoms with Crippen molar-refractivity contribution in [3.8, 4) is 16.9 Å². The SMILES string of the molecule is CCCCCCOc1ccccc1CN(C(=O)c1ccc(-c2ccsc2)cc1)C(O)(O)Cc1ccccn1.O=CO. The number of para-hydroxylation sites is 1. The summed E-state index contributed by atoms with van der Waals surface area (Å²) in [5, 5.41) is 33.5. The highest BCUT2D eigenvalue weighted by molar-refractivity contribution is 7.08. The Kier molecular flexibility index (Phi) is 12.5. The van der Waals surface area contributed by atoms with Gasteiger partial charge in [-0.15, -0.1) is 0 Å². The number of ether oxygens (including phenoxy) is 1. The highest BCUT2D eigenvalue weighted by Crippen LogP contribution is 2.28. The van der Waals surface area contributed by atoms with Crippen LogP contribution >= 0.6 is 11.3 Å². The van der Waals surface area contributed by atoms with Crippen LogP contribution in [-0.4, -0.2) is 50.1 Å². The lowest BCUT2D eigenvalue weighted by molar-refractivity contribution is -0.247. The summed E-state index contributed by atoms with van der Waals surface area (Å²) in [5.74, 6) is -2.35. The Morgan fingerprint density at radius 2 is 1.71 bits per heavy atom. The molecule has 216 valence electrons. The largest absolute Gasteiger partial charge is 0.493 e. The first kappa shape index (κ1) is 31.5. The lowest BCUT2D eigenvalue weighted by Gasteiger charge is -2.35. The molecule has 0 unspecified atom stereocenters. The molecule has 9 heteroatoms. The fourth-order valence-corrected chi connectivity index (χ4v) is 4.91. The molecule has 0 atom stereocenters. The van der Waals surface area contributed by atoms with E-state index in [4.69, 9.17) is 14.6 Å². The number of amides is 1. The Hall–Kier alpha value is -4.05. The maximum absolute atomic E-state index is 13.8. The second-order valence-corrected chi connectivity index (χ2v) is 10.2. The third-order valence-electron chi connectivity index (χ3n) is 6.36. The van der Waals surface area contributed by atoms with Crippen molar-refractivity contribution in [3.63, 3.8) is 0 Å². The molecule has 3 N–H and O–H groups in total. The minimum absolute atomic E-state index is 0.0456. The summed E-state index contributed by atoms with van der Waals surface area (Å²) in [7, 11) is 0. The maximum Gasteiger partial charge on any atom is 0.290 e. The summed E-state index contributed by atoms with van der Waals surface area (Å²) in [6, 6.07) is 21.9. The molecule has 0 fully saturated rings. The van der Waals surface area contributed by atoms with Crippen LogP contribution in [0.1, 0.15) is 54.2 Å². The van der Waals surface area contributed by atoms with Gasteiger partial charge in [-0.3, -0.25) is 19.5 Å². The second-order valence-electron chi connectivity index (χ2n) is 9.38. The van der Waals surface area contributed by atoms with Crippen molar-refractivity contribution in [1.29, 1.82) is 0 Å². The average Bonchev–Trinajstić information content (AvgIpc) is 3.52. The van der Waals surface area contributed by atoms with E-state index < -0.39 is 11.8 Å². The Balaban J connectivity index is 0.00000147. The molecule has 2 heterocycles. The van der Waals surface area contributed by atoms with E-state index in [1.54, 1.807) is 47.9 Å². The van der Waals surface area contributed by atoms with Crippen LogP contribution in [0.2, 0.25) is 0 Å². The zero-order valence-electron chi connectivity index (χ0n) is 23.1. The first-order valence-electron chi connectivity index (χ1n) is 13.5. The molecule has 2 aromatic carbocycles. The molecule has 0 bridgehead atoms. The molecule has 0 aliphatic rings. The predicted molar refractivity (Wildman–Crippen MR) is 160 cm³/mol. The van der Waals surface area contributed by atoms with Crippen molar-refractivity contribution >= 4 is 23.7 Å². The number of carbonyl (C=O) groups excluding carboxylic acids is 1. The predicted octanol–water partition coefficient (Wildman–Crippen LogP) is 5.99. The summed E-state index contributed by atoms with van der Waals surface area (Å²) in [4.78, 5) is 27.4. The van der Waals surface area contributed by atoms with Gasteiger partial charge in [0.2, 0.25) is 0 Å². The standard InChI is InChI=1S/C31H34N2O4S.CH2O2/c1-2-3-4-9-19-37-29-12-6-5-10-26(29)22-33(31(35,36)21-28-11-7-8-18-32-28)30(34)25-15-13-24(14-16-25)27-17-20-38-23-27;2-1-3/h5-8,10-18,20,23,35-36H,2-4,9,19,21-22H2,1H3;1H,(H,2,3). The smallest absolute Gasteiger partial charge is 0.290 e. The average molecular weight is 577 g/mol. The van der Waals surface area contributed by atoms with Crippen molar-refractivity contribution in [2.24, 2.45) is 0 Å². The number of benzene rings is 2. The molecule has 41 heavy (non-hydrogen) atoms. The number of nitrogens with zero attached hydrogens (tertiary/aromatic N) is 2. The first-order valence-corrected chi connectivity index (χ1v) is 14.4. The molecular formula is C32H36N2O6S. The summed E-state index contributed by atoms with van der Waals surface area (Å²) in [6.07, 6.45) is 5.67. The van der Waals surface area contributed by atoms with Crippen LogP contribution in [-0.2, 0) is 17.8 Å². The fourth-order valence-electron chi connectivity index (χ4n) is 4.25. The van der Waals surface area contributed by atoms with Crippen molar-refractivity contribution < 1.29 is 29.6 Å². The van der Waals surface area contributed by atoms with Crippen LogP contribution in [0.15, 0.2) is 89.8 Å². The van der Waals surface area contributed by atoms with Crippen LogP contribution in [0.5, 0.6) is 5.75 Å². The molecule has 0 aliphatic heterocycles. The molecule has 4 aromatic rings. The molecule has 0 radical (unpaired) electrons. The number of rotatable bonds is 13. The number of carboxylic acid groups (broad SMARTS) is 1. The number of unbranched alkanes of at least 4 members (excludes halogenated alkanes) is 3. The van der Waals surface area contributed by atoms with E-state index >= 15 is 0 Å². The van der Waals surface area contributed by atoms with Crippen LogP contribution in [0.25, 0.3) is 11.1 Å². The highest BCUT2D eigenvalue weighted by atomic mass is 32.1. The van der Waals surface area contributed by atoms with Gasteiger partial charge in [0, 0.05) is 23.0 Å². The monoisotopic (exact) mass is 576 g/mol. The zero-order valence-corrected chi connectivity index (χ0v) is 23.9. The Labute approximate surface area is 244 Å². The molecule has 1 amide bonds. The summed E-state index contributed by atoms with van der Waals surface area (Å²) >= 11 is 1.61. The number of hydrogen-bond acceptors (Lipinski definition) is 7. The highest BCUT2D eigenvalue weighted by Gasteiger charge is 2.37. The van der Waals surface area contributed by atoms with Gasteiger partial charge in [-0.25, -0.2) is 0 Å². The number of pyridine rings is 1. The van der Waals surface area contributed by atoms with Crippen LogP contribution < -0.4 is 4.74 Å². The van der Waals surface area contributed by atoms with E-state index in [9.17, 15) is 15.0 Å². The van der Waals surface area contributed by atoms with E-state index in [0.29, 0.717) is 29.2 Å². The molecule has 0 aliphatic carbocycles. The van der Waals surface area contributed by atoms with E-state index in [1.807, 2.05) is 53.2 Å². The minimum Gasteiger partial charge on any atom is -0.493 e. The topological polar surface area (TPSA) is 120 Å². The number of carbonyl (C=O) groups is 2. The number of thiophene rings is 1. The number of hydrogen-bond donors (Lipinski definition) is 3. The fraction of sp³-hybridized carbons (Fsp3) is 0.281. The molecule has 0 saturated heterocycles. The zero-order chi connectivity index (χ0) is 29.5. The van der Waals surface area contributed by atoms with Gasteiger partial charge in [-0.1, -0.05) is 62.6 Å². The van der Waals surface area contributed by atoms with Crippen LogP contribution in [0, 0.1) is 0 Å². The van der Waals surface area contributed by atoms with Crippen molar-refractivity contribution in [1.82, 2.24) is 9.88 Å². The van der Waals surface area contributed by atoms with Gasteiger partial charge < -0.3 is 20.1 Å². The quantitative estimate of drug-likeness (QED) is 0.102. The number of aromatic nitrogens is 1. The molecular weight excluding hydrogens is 540 g/mol. The summed E-state index contributed by atoms with van der Waals surface area (Å²) < 4.78 is 6.05. The van der Waals surface area contributed by atoms with Gasteiger partial charge in [-0.05, 0) is 64.7 Å². The summed E-state index contributed by atoms with van der Waals surface area (Å²) in [6.45, 7) is 2.43. The molecule has 0 spiro atoms.